The third kappa shape index (κ3) is 5.44. The standard InChI is InChI=1S/C16H20N2O3S/c1-16(2,3)20-15(19)17-9-10-22-14-11-13(21-18-14)12-7-5-4-6-8-12/h4-8,11H,9-10H2,1-3H3,(H,17,19). The van der Waals surface area contributed by atoms with Crippen LogP contribution in [0.3, 0.4) is 0 Å². The van der Waals surface area contributed by atoms with Gasteiger partial charge in [-0.15, -0.1) is 11.8 Å². The van der Waals surface area contributed by atoms with E-state index >= 15 is 0 Å². The Labute approximate surface area is 134 Å². The van der Waals surface area contributed by atoms with Crippen LogP contribution in [0.15, 0.2) is 45.9 Å². The van der Waals surface area contributed by atoms with Crippen LogP contribution in [0.2, 0.25) is 0 Å². The van der Waals surface area contributed by atoms with Crippen LogP contribution in [0.25, 0.3) is 11.3 Å². The highest BCUT2D eigenvalue weighted by molar-refractivity contribution is 7.99. The maximum absolute atomic E-state index is 11.5. The van der Waals surface area contributed by atoms with E-state index in [0.717, 1.165) is 16.3 Å². The van der Waals surface area contributed by atoms with Crippen LogP contribution in [0.5, 0.6) is 0 Å². The molecule has 2 rings (SSSR count). The first-order chi connectivity index (χ1) is 10.4. The van der Waals surface area contributed by atoms with E-state index < -0.39 is 11.7 Å². The molecular weight excluding hydrogens is 300 g/mol. The number of benzene rings is 1. The van der Waals surface area contributed by atoms with Gasteiger partial charge in [-0.2, -0.15) is 0 Å². The van der Waals surface area contributed by atoms with Crippen molar-refractivity contribution < 1.29 is 14.1 Å². The molecule has 0 saturated carbocycles. The van der Waals surface area contributed by atoms with Gasteiger partial charge in [0.05, 0.1) is 0 Å². The van der Waals surface area contributed by atoms with Crippen molar-refractivity contribution in [3.05, 3.63) is 36.4 Å². The zero-order valence-electron chi connectivity index (χ0n) is 13.0. The fraction of sp³-hybridized carbons (Fsp3) is 0.375. The van der Waals surface area contributed by atoms with Crippen LogP contribution in [-0.2, 0) is 4.74 Å². The molecule has 0 saturated heterocycles. The fourth-order valence-electron chi connectivity index (χ4n) is 1.69. The molecule has 5 nitrogen and oxygen atoms in total. The van der Waals surface area contributed by atoms with Crippen molar-refractivity contribution in [3.63, 3.8) is 0 Å². The molecule has 1 amide bonds. The summed E-state index contributed by atoms with van der Waals surface area (Å²) in [6, 6.07) is 11.7. The van der Waals surface area contributed by atoms with Crippen LogP contribution in [-0.4, -0.2) is 29.1 Å². The summed E-state index contributed by atoms with van der Waals surface area (Å²) in [5.41, 5.74) is 0.516. The first-order valence-corrected chi connectivity index (χ1v) is 8.04. The van der Waals surface area contributed by atoms with Crippen molar-refractivity contribution in [2.24, 2.45) is 0 Å². The maximum atomic E-state index is 11.5. The Kier molecular flexibility index (Phi) is 5.49. The van der Waals surface area contributed by atoms with Gasteiger partial charge in [0.15, 0.2) is 5.76 Å². The molecule has 0 aliphatic heterocycles. The lowest BCUT2D eigenvalue weighted by Crippen LogP contribution is -2.33. The molecule has 6 heteroatoms. The zero-order valence-corrected chi connectivity index (χ0v) is 13.8. The second-order valence-electron chi connectivity index (χ2n) is 5.67. The number of alkyl carbamates (subject to hydrolysis) is 1. The number of hydrogen-bond donors (Lipinski definition) is 1. The Balaban J connectivity index is 1.74. The number of nitrogens with one attached hydrogen (secondary N) is 1. The van der Waals surface area contributed by atoms with E-state index in [2.05, 4.69) is 10.5 Å². The summed E-state index contributed by atoms with van der Waals surface area (Å²) in [5.74, 6) is 1.43. The van der Waals surface area contributed by atoms with Crippen LogP contribution >= 0.6 is 11.8 Å². The first kappa shape index (κ1) is 16.4. The fourth-order valence-corrected chi connectivity index (χ4v) is 2.38. The molecule has 2 aromatic rings. The van der Waals surface area contributed by atoms with Crippen molar-refractivity contribution >= 4 is 17.9 Å². The van der Waals surface area contributed by atoms with Gasteiger partial charge < -0.3 is 14.6 Å². The number of carbonyl (C=O) groups is 1. The molecule has 0 spiro atoms. The SMILES string of the molecule is CC(C)(C)OC(=O)NCCSc1cc(-c2ccccc2)on1. The number of amides is 1. The smallest absolute Gasteiger partial charge is 0.407 e. The van der Waals surface area contributed by atoms with Gasteiger partial charge in [-0.25, -0.2) is 4.79 Å². The van der Waals surface area contributed by atoms with Crippen molar-refractivity contribution in [1.82, 2.24) is 10.5 Å². The topological polar surface area (TPSA) is 64.4 Å². The Morgan fingerprint density at radius 2 is 2.05 bits per heavy atom. The number of nitrogens with zero attached hydrogens (tertiary/aromatic N) is 1. The van der Waals surface area contributed by atoms with Gasteiger partial charge in [0, 0.05) is 23.9 Å². The van der Waals surface area contributed by atoms with Crippen molar-refractivity contribution in [2.75, 3.05) is 12.3 Å². The molecule has 0 aliphatic carbocycles. The summed E-state index contributed by atoms with van der Waals surface area (Å²) in [7, 11) is 0. The quantitative estimate of drug-likeness (QED) is 0.667. The van der Waals surface area contributed by atoms with E-state index in [-0.39, 0.29) is 0 Å². The normalized spacial score (nSPS) is 11.2. The lowest BCUT2D eigenvalue weighted by molar-refractivity contribution is 0.0531. The summed E-state index contributed by atoms with van der Waals surface area (Å²) in [5, 5.41) is 7.52. The lowest BCUT2D eigenvalue weighted by atomic mass is 10.2. The summed E-state index contributed by atoms with van der Waals surface area (Å²) >= 11 is 1.52. The van der Waals surface area contributed by atoms with E-state index in [1.54, 1.807) is 0 Å². The minimum absolute atomic E-state index is 0.404. The molecule has 1 aromatic heterocycles. The van der Waals surface area contributed by atoms with E-state index in [4.69, 9.17) is 9.26 Å². The Hall–Kier alpha value is -1.95. The van der Waals surface area contributed by atoms with E-state index in [1.807, 2.05) is 57.2 Å². The molecule has 1 heterocycles. The second kappa shape index (κ2) is 7.35. The second-order valence-corrected chi connectivity index (χ2v) is 6.79. The highest BCUT2D eigenvalue weighted by atomic mass is 32.2. The lowest BCUT2D eigenvalue weighted by Gasteiger charge is -2.19. The van der Waals surface area contributed by atoms with E-state index in [1.165, 1.54) is 11.8 Å². The van der Waals surface area contributed by atoms with Crippen molar-refractivity contribution in [3.8, 4) is 11.3 Å². The zero-order chi connectivity index (χ0) is 16.0. The van der Waals surface area contributed by atoms with E-state index in [0.29, 0.717) is 12.3 Å². The van der Waals surface area contributed by atoms with Gasteiger partial charge in [-0.1, -0.05) is 35.5 Å². The minimum atomic E-state index is -0.478. The van der Waals surface area contributed by atoms with Gasteiger partial charge in [0.1, 0.15) is 10.6 Å². The average molecular weight is 320 g/mol. The van der Waals surface area contributed by atoms with Gasteiger partial charge in [-0.3, -0.25) is 0 Å². The Morgan fingerprint density at radius 1 is 1.32 bits per heavy atom. The number of ether oxygens (including phenoxy) is 1. The minimum Gasteiger partial charge on any atom is -0.444 e. The summed E-state index contributed by atoms with van der Waals surface area (Å²) in [4.78, 5) is 11.5. The predicted octanol–water partition coefficient (Wildman–Crippen LogP) is 3.96. The van der Waals surface area contributed by atoms with Gasteiger partial charge in [0.2, 0.25) is 0 Å². The molecule has 0 aliphatic rings. The number of carbonyl (C=O) groups excluding carboxylic acids is 1. The highest BCUT2D eigenvalue weighted by Crippen LogP contribution is 2.24. The number of aromatic nitrogens is 1. The molecule has 118 valence electrons. The maximum Gasteiger partial charge on any atom is 0.407 e. The molecule has 0 radical (unpaired) electrons. The third-order valence-electron chi connectivity index (χ3n) is 2.57. The number of rotatable bonds is 5. The largest absolute Gasteiger partial charge is 0.444 e. The Morgan fingerprint density at radius 3 is 2.73 bits per heavy atom. The molecule has 0 bridgehead atoms. The highest BCUT2D eigenvalue weighted by Gasteiger charge is 2.15. The molecule has 1 aromatic carbocycles. The average Bonchev–Trinajstić information content (AvgIpc) is 2.91. The predicted molar refractivity (Wildman–Crippen MR) is 86.9 cm³/mol. The molecule has 0 unspecified atom stereocenters. The van der Waals surface area contributed by atoms with Crippen LogP contribution in [0.1, 0.15) is 20.8 Å². The molecule has 1 N–H and O–H groups in total. The van der Waals surface area contributed by atoms with Crippen molar-refractivity contribution in [1.29, 1.82) is 0 Å². The van der Waals surface area contributed by atoms with Gasteiger partial charge >= 0.3 is 6.09 Å². The third-order valence-corrected chi connectivity index (χ3v) is 3.46. The van der Waals surface area contributed by atoms with Crippen molar-refractivity contribution in [2.45, 2.75) is 31.4 Å². The monoisotopic (exact) mass is 320 g/mol. The summed E-state index contributed by atoms with van der Waals surface area (Å²) in [6.07, 6.45) is -0.404. The van der Waals surface area contributed by atoms with Gasteiger partial charge in [0.25, 0.3) is 0 Å². The Bertz CT molecular complexity index is 605. The molecule has 0 atom stereocenters. The number of thioether (sulfide) groups is 1. The molecule has 22 heavy (non-hydrogen) atoms. The summed E-state index contributed by atoms with van der Waals surface area (Å²) < 4.78 is 10.5. The summed E-state index contributed by atoms with van der Waals surface area (Å²) in [6.45, 7) is 6.01. The van der Waals surface area contributed by atoms with Crippen LogP contribution < -0.4 is 5.32 Å². The number of hydrogen-bond acceptors (Lipinski definition) is 5. The molecular formula is C16H20N2O3S. The van der Waals surface area contributed by atoms with Gasteiger partial charge in [-0.05, 0) is 20.8 Å². The van der Waals surface area contributed by atoms with E-state index in [9.17, 15) is 4.79 Å². The van der Waals surface area contributed by atoms with Crippen LogP contribution in [0.4, 0.5) is 4.79 Å². The van der Waals surface area contributed by atoms with Crippen LogP contribution in [0, 0.1) is 0 Å². The molecule has 0 fully saturated rings. The first-order valence-electron chi connectivity index (χ1n) is 7.06.